The Hall–Kier alpha value is -1.89. The highest BCUT2D eigenvalue weighted by molar-refractivity contribution is 5.91. The summed E-state index contributed by atoms with van der Waals surface area (Å²) in [6.45, 7) is 15.0. The molecule has 31 heavy (non-hydrogen) atoms. The van der Waals surface area contributed by atoms with Crippen molar-refractivity contribution in [3.05, 3.63) is 11.6 Å². The Bertz CT molecular complexity index is 610. The van der Waals surface area contributed by atoms with E-state index in [9.17, 15) is 14.4 Å². The molecule has 0 aliphatic carbocycles. The molecule has 7 heteroatoms. The number of amides is 2. The van der Waals surface area contributed by atoms with Crippen LogP contribution in [0.3, 0.4) is 0 Å². The molecule has 2 atom stereocenters. The van der Waals surface area contributed by atoms with Gasteiger partial charge in [-0.15, -0.1) is 0 Å². The van der Waals surface area contributed by atoms with E-state index < -0.39 is 11.5 Å². The first kappa shape index (κ1) is 29.1. The van der Waals surface area contributed by atoms with Gasteiger partial charge in [-0.3, -0.25) is 14.5 Å². The quantitative estimate of drug-likeness (QED) is 0.486. The first-order valence-electron chi connectivity index (χ1n) is 11.5. The maximum absolute atomic E-state index is 13.0. The topological polar surface area (TPSA) is 79.0 Å². The lowest BCUT2D eigenvalue weighted by molar-refractivity contribution is -0.140. The molecular formula is C24H45N3O4. The van der Waals surface area contributed by atoms with Crippen LogP contribution in [0.2, 0.25) is 0 Å². The number of hydrogen-bond donors (Lipinski definition) is 1. The normalized spacial score (nSPS) is 18.4. The van der Waals surface area contributed by atoms with E-state index in [0.29, 0.717) is 12.2 Å². The van der Waals surface area contributed by atoms with Crippen LogP contribution in [0, 0.1) is 5.41 Å². The first-order valence-corrected chi connectivity index (χ1v) is 11.5. The lowest BCUT2D eigenvalue weighted by Gasteiger charge is -2.37. The van der Waals surface area contributed by atoms with Gasteiger partial charge in [-0.05, 0) is 45.7 Å². The second-order valence-electron chi connectivity index (χ2n) is 9.33. The fraction of sp³-hybridized carbons (Fsp3) is 0.792. The fourth-order valence-corrected chi connectivity index (χ4v) is 3.21. The molecule has 1 aliphatic rings. The molecule has 7 nitrogen and oxygen atoms in total. The predicted octanol–water partition coefficient (Wildman–Crippen LogP) is 3.39. The number of nitrogens with zero attached hydrogens (tertiary/aromatic N) is 2. The van der Waals surface area contributed by atoms with Crippen LogP contribution in [0.15, 0.2) is 11.6 Å². The van der Waals surface area contributed by atoms with Crippen molar-refractivity contribution in [1.82, 2.24) is 15.1 Å². The molecule has 1 aliphatic heterocycles. The fourth-order valence-electron chi connectivity index (χ4n) is 3.21. The van der Waals surface area contributed by atoms with Crippen LogP contribution in [-0.4, -0.2) is 73.5 Å². The summed E-state index contributed by atoms with van der Waals surface area (Å²) in [5.41, 5.74) is 0.0235. The molecule has 1 heterocycles. The van der Waals surface area contributed by atoms with Gasteiger partial charge >= 0.3 is 5.97 Å². The number of ether oxygens (including phenoxy) is 1. The van der Waals surface area contributed by atoms with E-state index in [1.54, 1.807) is 27.0 Å². The molecule has 0 spiro atoms. The van der Waals surface area contributed by atoms with Crippen molar-refractivity contribution in [2.45, 2.75) is 86.2 Å². The minimum Gasteiger partial charge on any atom is -0.463 e. The molecule has 2 amide bonds. The van der Waals surface area contributed by atoms with E-state index in [1.807, 2.05) is 27.8 Å². The third kappa shape index (κ3) is 10.3. The Morgan fingerprint density at radius 3 is 2.26 bits per heavy atom. The molecule has 0 unspecified atom stereocenters. The molecule has 1 fully saturated rings. The maximum Gasteiger partial charge on any atom is 0.333 e. The van der Waals surface area contributed by atoms with Crippen molar-refractivity contribution in [1.29, 1.82) is 0 Å². The van der Waals surface area contributed by atoms with Gasteiger partial charge in [-0.1, -0.05) is 53.5 Å². The lowest BCUT2D eigenvalue weighted by Crippen LogP contribution is -2.58. The van der Waals surface area contributed by atoms with Crippen LogP contribution in [0.25, 0.3) is 0 Å². The molecule has 0 aromatic carbocycles. The number of rotatable bonds is 7. The number of likely N-dealkylation sites (tertiary alicyclic amines) is 1. The van der Waals surface area contributed by atoms with E-state index in [0.717, 1.165) is 25.8 Å². The third-order valence-corrected chi connectivity index (χ3v) is 5.12. The third-order valence-electron chi connectivity index (χ3n) is 5.12. The molecule has 1 rings (SSSR count). The van der Waals surface area contributed by atoms with E-state index in [2.05, 4.69) is 24.1 Å². The molecule has 1 saturated heterocycles. The highest BCUT2D eigenvalue weighted by Gasteiger charge is 2.37. The van der Waals surface area contributed by atoms with Crippen molar-refractivity contribution in [3.63, 3.8) is 0 Å². The van der Waals surface area contributed by atoms with Crippen LogP contribution in [-0.2, 0) is 19.1 Å². The Kier molecular flexibility index (Phi) is 13.4. The van der Waals surface area contributed by atoms with Crippen molar-refractivity contribution in [2.24, 2.45) is 5.41 Å². The Labute approximate surface area is 189 Å². The second kappa shape index (κ2) is 14.2. The summed E-state index contributed by atoms with van der Waals surface area (Å²) in [4.78, 5) is 41.2. The van der Waals surface area contributed by atoms with Gasteiger partial charge in [0.15, 0.2) is 0 Å². The monoisotopic (exact) mass is 439 g/mol. The summed E-state index contributed by atoms with van der Waals surface area (Å²) < 4.78 is 4.96. The second-order valence-corrected chi connectivity index (χ2v) is 9.33. The minimum absolute atomic E-state index is 0.0953. The number of piperidine rings is 1. The van der Waals surface area contributed by atoms with Gasteiger partial charge in [0.1, 0.15) is 6.04 Å². The van der Waals surface area contributed by atoms with Crippen LogP contribution in [0.5, 0.6) is 0 Å². The van der Waals surface area contributed by atoms with Gasteiger partial charge in [0, 0.05) is 19.2 Å². The summed E-state index contributed by atoms with van der Waals surface area (Å²) in [6.07, 6.45) is 5.85. The molecule has 180 valence electrons. The van der Waals surface area contributed by atoms with E-state index in [1.165, 1.54) is 11.3 Å². The first-order chi connectivity index (χ1) is 14.4. The Balaban J connectivity index is 0.00000282. The van der Waals surface area contributed by atoms with Crippen molar-refractivity contribution in [2.75, 3.05) is 33.8 Å². The average molecular weight is 440 g/mol. The van der Waals surface area contributed by atoms with Crippen LogP contribution >= 0.6 is 0 Å². The van der Waals surface area contributed by atoms with Gasteiger partial charge in [-0.2, -0.15) is 0 Å². The van der Waals surface area contributed by atoms with Gasteiger partial charge in [-0.25, -0.2) is 4.79 Å². The van der Waals surface area contributed by atoms with E-state index in [4.69, 9.17) is 4.74 Å². The number of nitrogens with one attached hydrogen (secondary N) is 1. The van der Waals surface area contributed by atoms with Gasteiger partial charge in [0.05, 0.1) is 12.6 Å². The summed E-state index contributed by atoms with van der Waals surface area (Å²) in [5.74, 6) is -0.654. The zero-order valence-corrected chi connectivity index (χ0v) is 21.2. The van der Waals surface area contributed by atoms with Gasteiger partial charge in [0.2, 0.25) is 11.8 Å². The van der Waals surface area contributed by atoms with Crippen LogP contribution < -0.4 is 5.32 Å². The smallest absolute Gasteiger partial charge is 0.333 e. The summed E-state index contributed by atoms with van der Waals surface area (Å²) in [6, 6.07) is -0.834. The predicted molar refractivity (Wildman–Crippen MR) is 126 cm³/mol. The van der Waals surface area contributed by atoms with Crippen molar-refractivity contribution in [3.8, 4) is 0 Å². The Morgan fingerprint density at radius 1 is 1.19 bits per heavy atom. The van der Waals surface area contributed by atoms with Gasteiger partial charge < -0.3 is 15.0 Å². The van der Waals surface area contributed by atoms with Gasteiger partial charge in [0.25, 0.3) is 0 Å². The van der Waals surface area contributed by atoms with Crippen LogP contribution in [0.1, 0.15) is 74.1 Å². The maximum atomic E-state index is 13.0. The SMILES string of the molecule is CCC.CCOC(=O)/C(C)=C/CN(C)C(=O)[C@H](NC(=O)[C@@H]1CCCCN1C)C(C)(C)C. The summed E-state index contributed by atoms with van der Waals surface area (Å²) >= 11 is 0. The molecule has 0 bridgehead atoms. The van der Waals surface area contributed by atoms with E-state index in [-0.39, 0.29) is 30.4 Å². The molecule has 0 aromatic rings. The number of esters is 1. The highest BCUT2D eigenvalue weighted by atomic mass is 16.5. The molecule has 0 radical (unpaired) electrons. The van der Waals surface area contributed by atoms with Crippen LogP contribution in [0.4, 0.5) is 0 Å². The number of carbonyl (C=O) groups is 3. The molecular weight excluding hydrogens is 394 g/mol. The number of likely N-dealkylation sites (N-methyl/N-ethyl adjacent to an activating group) is 2. The molecule has 0 saturated carbocycles. The van der Waals surface area contributed by atoms with Crippen molar-refractivity contribution < 1.29 is 19.1 Å². The zero-order valence-electron chi connectivity index (χ0n) is 21.2. The summed E-state index contributed by atoms with van der Waals surface area (Å²) in [5, 5.41) is 2.98. The Morgan fingerprint density at radius 2 is 1.77 bits per heavy atom. The molecule has 1 N–H and O–H groups in total. The van der Waals surface area contributed by atoms with Crippen molar-refractivity contribution >= 4 is 17.8 Å². The summed E-state index contributed by atoms with van der Waals surface area (Å²) in [7, 11) is 3.63. The largest absolute Gasteiger partial charge is 0.463 e. The lowest BCUT2D eigenvalue weighted by atomic mass is 9.85. The average Bonchev–Trinajstić information content (AvgIpc) is 2.69. The minimum atomic E-state index is -0.642. The number of hydrogen-bond acceptors (Lipinski definition) is 5. The number of carbonyl (C=O) groups excluding carboxylic acids is 3. The highest BCUT2D eigenvalue weighted by Crippen LogP contribution is 2.22. The van der Waals surface area contributed by atoms with E-state index >= 15 is 0 Å². The standard InChI is InChI=1S/C21H37N3O4.C3H8/c1-8-28-20(27)15(2)12-14-24(7)19(26)17(21(3,4)5)22-18(25)16-11-9-10-13-23(16)6;1-3-2/h12,16-17H,8-11,13-14H2,1-7H3,(H,22,25);3H2,1-2H3/b15-12+;/t16-,17-;/m0./s1. The zero-order chi connectivity index (χ0) is 24.2. The molecule has 0 aromatic heterocycles.